The zero-order valence-electron chi connectivity index (χ0n) is 9.45. The Morgan fingerprint density at radius 1 is 1.07 bits per heavy atom. The number of aliphatic carboxylic acids is 2. The normalized spacial score (nSPS) is 11.3. The maximum Gasteiger partial charge on any atom is 0.309 e. The Morgan fingerprint density at radius 2 is 1.60 bits per heavy atom. The lowest BCUT2D eigenvalue weighted by molar-refractivity contribution is -0.150. The van der Waals surface area contributed by atoms with Crippen molar-refractivity contribution in [1.29, 1.82) is 0 Å². The topological polar surface area (TPSA) is 74.6 Å². The maximum atomic E-state index is 11.1. The van der Waals surface area contributed by atoms with E-state index in [0.29, 0.717) is 32.1 Å². The van der Waals surface area contributed by atoms with Crippen molar-refractivity contribution >= 4 is 11.9 Å². The van der Waals surface area contributed by atoms with Crippen molar-refractivity contribution in [2.75, 3.05) is 0 Å². The van der Waals surface area contributed by atoms with Crippen molar-refractivity contribution in [2.45, 2.75) is 52.4 Å². The molecule has 0 saturated heterocycles. The minimum atomic E-state index is -0.816. The average molecular weight is 216 g/mol. The molecule has 15 heavy (non-hydrogen) atoms. The van der Waals surface area contributed by atoms with Gasteiger partial charge in [0, 0.05) is 6.42 Å². The molecule has 0 bridgehead atoms. The quantitative estimate of drug-likeness (QED) is 0.611. The predicted octanol–water partition coefficient (Wildman–Crippen LogP) is 2.52. The number of carbonyl (C=O) groups is 2. The monoisotopic (exact) mass is 216 g/mol. The lowest BCUT2D eigenvalue weighted by atomic mass is 9.78. The highest BCUT2D eigenvalue weighted by Gasteiger charge is 2.33. The number of unbranched alkanes of at least 4 members (excludes halogenated alkanes) is 1. The molecule has 0 radical (unpaired) electrons. The van der Waals surface area contributed by atoms with Gasteiger partial charge in [0.25, 0.3) is 0 Å². The van der Waals surface area contributed by atoms with E-state index < -0.39 is 17.4 Å². The Kier molecular flexibility index (Phi) is 5.97. The summed E-state index contributed by atoms with van der Waals surface area (Å²) in [5.74, 6) is -1.58. The minimum absolute atomic E-state index is 0.128. The number of carboxylic acids is 2. The molecule has 0 aliphatic heterocycles. The Morgan fingerprint density at radius 3 is 1.93 bits per heavy atom. The summed E-state index contributed by atoms with van der Waals surface area (Å²) in [6.07, 6.45) is 3.13. The van der Waals surface area contributed by atoms with E-state index in [0.717, 1.165) is 0 Å². The van der Waals surface area contributed by atoms with Gasteiger partial charge in [-0.05, 0) is 25.7 Å². The van der Waals surface area contributed by atoms with Crippen molar-refractivity contribution < 1.29 is 19.8 Å². The SMILES string of the molecule is CCC(CC)(CCCCC(=O)O)C(=O)O. The predicted molar refractivity (Wildman–Crippen MR) is 56.8 cm³/mol. The summed E-state index contributed by atoms with van der Waals surface area (Å²) in [7, 11) is 0. The van der Waals surface area contributed by atoms with E-state index in [1.165, 1.54) is 0 Å². The largest absolute Gasteiger partial charge is 0.481 e. The van der Waals surface area contributed by atoms with Crippen LogP contribution >= 0.6 is 0 Å². The van der Waals surface area contributed by atoms with E-state index in [2.05, 4.69) is 0 Å². The molecule has 0 spiro atoms. The molecular weight excluding hydrogens is 196 g/mol. The lowest BCUT2D eigenvalue weighted by Gasteiger charge is -2.26. The minimum Gasteiger partial charge on any atom is -0.481 e. The molecule has 4 heteroatoms. The van der Waals surface area contributed by atoms with Gasteiger partial charge in [-0.25, -0.2) is 0 Å². The summed E-state index contributed by atoms with van der Waals surface area (Å²) in [5.41, 5.74) is -0.654. The highest BCUT2D eigenvalue weighted by molar-refractivity contribution is 5.74. The zero-order valence-corrected chi connectivity index (χ0v) is 9.45. The van der Waals surface area contributed by atoms with Crippen LogP contribution in [0.25, 0.3) is 0 Å². The molecule has 0 fully saturated rings. The van der Waals surface area contributed by atoms with E-state index in [9.17, 15) is 9.59 Å². The first-order valence-electron chi connectivity index (χ1n) is 5.43. The Labute approximate surface area is 90.3 Å². The molecular formula is C11H20O4. The molecule has 0 aromatic heterocycles. The van der Waals surface area contributed by atoms with Crippen LogP contribution in [0.3, 0.4) is 0 Å². The van der Waals surface area contributed by atoms with E-state index in [1.807, 2.05) is 13.8 Å². The second-order valence-electron chi connectivity index (χ2n) is 3.89. The summed E-state index contributed by atoms with van der Waals surface area (Å²) < 4.78 is 0. The fourth-order valence-corrected chi connectivity index (χ4v) is 1.75. The maximum absolute atomic E-state index is 11.1. The van der Waals surface area contributed by atoms with Crippen molar-refractivity contribution in [1.82, 2.24) is 0 Å². The van der Waals surface area contributed by atoms with Crippen LogP contribution in [0.2, 0.25) is 0 Å². The highest BCUT2D eigenvalue weighted by Crippen LogP contribution is 2.32. The molecule has 0 heterocycles. The van der Waals surface area contributed by atoms with Crippen LogP contribution in [0, 0.1) is 5.41 Å². The van der Waals surface area contributed by atoms with Crippen LogP contribution in [0.4, 0.5) is 0 Å². The summed E-state index contributed by atoms with van der Waals surface area (Å²) in [6, 6.07) is 0. The summed E-state index contributed by atoms with van der Waals surface area (Å²) in [4.78, 5) is 21.4. The number of hydrogen-bond donors (Lipinski definition) is 2. The van der Waals surface area contributed by atoms with Gasteiger partial charge in [-0.15, -0.1) is 0 Å². The van der Waals surface area contributed by atoms with Crippen molar-refractivity contribution in [3.63, 3.8) is 0 Å². The van der Waals surface area contributed by atoms with Crippen LogP contribution in [0.5, 0.6) is 0 Å². The Bertz CT molecular complexity index is 219. The van der Waals surface area contributed by atoms with Gasteiger partial charge >= 0.3 is 11.9 Å². The van der Waals surface area contributed by atoms with Crippen molar-refractivity contribution in [3.8, 4) is 0 Å². The number of hydrogen-bond acceptors (Lipinski definition) is 2. The molecule has 0 aromatic carbocycles. The van der Waals surface area contributed by atoms with Crippen LogP contribution in [0.1, 0.15) is 52.4 Å². The highest BCUT2D eigenvalue weighted by atomic mass is 16.4. The lowest BCUT2D eigenvalue weighted by Crippen LogP contribution is -2.29. The van der Waals surface area contributed by atoms with Crippen LogP contribution in [0.15, 0.2) is 0 Å². The molecule has 0 aliphatic rings. The fraction of sp³-hybridized carbons (Fsp3) is 0.818. The average Bonchev–Trinajstić information content (AvgIpc) is 2.18. The van der Waals surface area contributed by atoms with Gasteiger partial charge < -0.3 is 10.2 Å². The molecule has 0 amide bonds. The van der Waals surface area contributed by atoms with E-state index >= 15 is 0 Å². The molecule has 0 aliphatic carbocycles. The third kappa shape index (κ3) is 4.32. The Balaban J connectivity index is 4.07. The third-order valence-electron chi connectivity index (χ3n) is 3.10. The first-order chi connectivity index (χ1) is 6.98. The molecule has 0 rings (SSSR count). The smallest absolute Gasteiger partial charge is 0.309 e. The molecule has 88 valence electrons. The van der Waals surface area contributed by atoms with Gasteiger partial charge in [-0.3, -0.25) is 9.59 Å². The van der Waals surface area contributed by atoms with E-state index in [4.69, 9.17) is 10.2 Å². The van der Waals surface area contributed by atoms with Gasteiger partial charge in [-0.1, -0.05) is 20.3 Å². The second-order valence-corrected chi connectivity index (χ2v) is 3.89. The molecule has 4 nitrogen and oxygen atoms in total. The number of rotatable bonds is 8. The van der Waals surface area contributed by atoms with Crippen molar-refractivity contribution in [3.05, 3.63) is 0 Å². The van der Waals surface area contributed by atoms with Gasteiger partial charge in [0.05, 0.1) is 5.41 Å². The summed E-state index contributed by atoms with van der Waals surface area (Å²) >= 11 is 0. The van der Waals surface area contributed by atoms with E-state index in [1.54, 1.807) is 0 Å². The van der Waals surface area contributed by atoms with Crippen molar-refractivity contribution in [2.24, 2.45) is 5.41 Å². The van der Waals surface area contributed by atoms with Gasteiger partial charge in [0.1, 0.15) is 0 Å². The number of carboxylic acid groups (broad SMARTS) is 2. The third-order valence-corrected chi connectivity index (χ3v) is 3.10. The molecule has 0 unspecified atom stereocenters. The summed E-state index contributed by atoms with van der Waals surface area (Å²) in [6.45, 7) is 3.74. The second kappa shape index (κ2) is 6.43. The zero-order chi connectivity index (χ0) is 11.9. The van der Waals surface area contributed by atoms with Crippen LogP contribution < -0.4 is 0 Å². The van der Waals surface area contributed by atoms with Gasteiger partial charge in [-0.2, -0.15) is 0 Å². The first-order valence-corrected chi connectivity index (χ1v) is 5.43. The van der Waals surface area contributed by atoms with Crippen LogP contribution in [-0.4, -0.2) is 22.2 Å². The molecule has 0 atom stereocenters. The first kappa shape index (κ1) is 13.9. The summed E-state index contributed by atoms with van der Waals surface area (Å²) in [5, 5.41) is 17.6. The Hall–Kier alpha value is -1.06. The molecule has 0 aromatic rings. The van der Waals surface area contributed by atoms with E-state index in [-0.39, 0.29) is 6.42 Å². The van der Waals surface area contributed by atoms with Gasteiger partial charge in [0.15, 0.2) is 0 Å². The van der Waals surface area contributed by atoms with Gasteiger partial charge in [0.2, 0.25) is 0 Å². The fourth-order valence-electron chi connectivity index (χ4n) is 1.75. The molecule has 0 saturated carbocycles. The standard InChI is InChI=1S/C11H20O4/c1-3-11(4-2,10(14)15)8-6-5-7-9(12)13/h3-8H2,1-2H3,(H,12,13)(H,14,15). The van der Waals surface area contributed by atoms with Crippen LogP contribution in [-0.2, 0) is 9.59 Å². The molecule has 2 N–H and O–H groups in total.